The average Bonchev–Trinajstić information content (AvgIpc) is 2.99. The largest absolute Gasteiger partial charge is 0.398 e. The van der Waals surface area contributed by atoms with Crippen LogP contribution in [0.5, 0.6) is 0 Å². The number of anilines is 2. The van der Waals surface area contributed by atoms with Crippen LogP contribution in [0.2, 0.25) is 0 Å². The van der Waals surface area contributed by atoms with Gasteiger partial charge in [-0.05, 0) is 47.8 Å². The highest BCUT2D eigenvalue weighted by atomic mass is 14.9. The van der Waals surface area contributed by atoms with Crippen LogP contribution in [0.3, 0.4) is 0 Å². The third-order valence-electron chi connectivity index (χ3n) is 4.95. The lowest BCUT2D eigenvalue weighted by atomic mass is 9.74. The highest BCUT2D eigenvalue weighted by Crippen LogP contribution is 2.57. The molecule has 1 fully saturated rings. The van der Waals surface area contributed by atoms with Crippen molar-refractivity contribution in [2.75, 3.05) is 17.6 Å². The van der Waals surface area contributed by atoms with Gasteiger partial charge in [0.1, 0.15) is 0 Å². The Hall–Kier alpha value is -1.77. The molecule has 2 aliphatic carbocycles. The molecule has 3 aliphatic rings. The molecule has 92 valence electrons. The summed E-state index contributed by atoms with van der Waals surface area (Å²) < 4.78 is 0. The molecule has 18 heavy (non-hydrogen) atoms. The number of hydrogen-bond acceptors (Lipinski definition) is 3. The molecule has 1 unspecified atom stereocenters. The molecule has 1 saturated carbocycles. The molecule has 4 rings (SSSR count). The second kappa shape index (κ2) is 3.37. The lowest BCUT2D eigenvalue weighted by Gasteiger charge is -2.36. The van der Waals surface area contributed by atoms with E-state index in [9.17, 15) is 0 Å². The van der Waals surface area contributed by atoms with E-state index >= 15 is 0 Å². The van der Waals surface area contributed by atoms with E-state index in [0.29, 0.717) is 17.8 Å². The quantitative estimate of drug-likeness (QED) is 0.401. The number of fused-ring (bicyclic) bond motifs is 7. The normalized spacial score (nSPS) is 34.9. The number of rotatable bonds is 1. The first kappa shape index (κ1) is 10.2. The molecular formula is C15H17N3. The van der Waals surface area contributed by atoms with Crippen molar-refractivity contribution in [1.29, 1.82) is 5.41 Å². The minimum atomic E-state index is 0.566. The maximum absolute atomic E-state index is 7.66. The van der Waals surface area contributed by atoms with Crippen LogP contribution in [-0.2, 0) is 0 Å². The van der Waals surface area contributed by atoms with Crippen molar-refractivity contribution < 1.29 is 0 Å². The van der Waals surface area contributed by atoms with Gasteiger partial charge < -0.3 is 16.5 Å². The molecule has 3 nitrogen and oxygen atoms in total. The Bertz CT molecular complexity index is 561. The second-order valence-corrected chi connectivity index (χ2v) is 5.69. The molecule has 0 radical (unpaired) electrons. The predicted molar refractivity (Wildman–Crippen MR) is 74.2 cm³/mol. The Morgan fingerprint density at radius 2 is 2.11 bits per heavy atom. The van der Waals surface area contributed by atoms with Crippen LogP contribution in [0.4, 0.5) is 11.4 Å². The number of nitrogens with two attached hydrogens (primary N) is 1. The molecule has 2 bridgehead atoms. The molecule has 1 aromatic rings. The third kappa shape index (κ3) is 1.12. The topological polar surface area (TPSA) is 61.9 Å². The zero-order valence-electron chi connectivity index (χ0n) is 10.2. The van der Waals surface area contributed by atoms with Crippen molar-refractivity contribution in [3.8, 4) is 0 Å². The Labute approximate surface area is 107 Å². The van der Waals surface area contributed by atoms with Crippen LogP contribution in [0.25, 0.3) is 0 Å². The molecular weight excluding hydrogens is 222 g/mol. The van der Waals surface area contributed by atoms with Crippen molar-refractivity contribution >= 4 is 17.6 Å². The van der Waals surface area contributed by atoms with E-state index in [-0.39, 0.29) is 0 Å². The van der Waals surface area contributed by atoms with E-state index in [2.05, 4.69) is 23.5 Å². The summed E-state index contributed by atoms with van der Waals surface area (Å²) in [5.74, 6) is 2.63. The van der Waals surface area contributed by atoms with Crippen LogP contribution in [0.15, 0.2) is 24.3 Å². The lowest BCUT2D eigenvalue weighted by molar-refractivity contribution is 0.403. The Morgan fingerprint density at radius 3 is 2.94 bits per heavy atom. The highest BCUT2D eigenvalue weighted by molar-refractivity contribution is 5.90. The number of allylic oxidation sites excluding steroid dienone is 2. The fraction of sp³-hybridized carbons (Fsp3) is 0.400. The summed E-state index contributed by atoms with van der Waals surface area (Å²) in [6, 6.07) is 3.99. The zero-order chi connectivity index (χ0) is 12.3. The summed E-state index contributed by atoms with van der Waals surface area (Å²) in [6.45, 7) is 1.06. The first-order valence-corrected chi connectivity index (χ1v) is 6.64. The molecule has 1 aliphatic heterocycles. The van der Waals surface area contributed by atoms with E-state index in [1.54, 1.807) is 0 Å². The Balaban J connectivity index is 1.94. The summed E-state index contributed by atoms with van der Waals surface area (Å²) >= 11 is 0. The molecule has 0 amide bonds. The zero-order valence-corrected chi connectivity index (χ0v) is 10.2. The number of benzene rings is 1. The smallest absolute Gasteiger partial charge is 0.0407 e. The second-order valence-electron chi connectivity index (χ2n) is 5.69. The summed E-state index contributed by atoms with van der Waals surface area (Å²) in [6.07, 6.45) is 7.46. The summed E-state index contributed by atoms with van der Waals surface area (Å²) in [7, 11) is 0. The van der Waals surface area contributed by atoms with Gasteiger partial charge in [0, 0.05) is 29.7 Å². The third-order valence-corrected chi connectivity index (χ3v) is 4.95. The highest BCUT2D eigenvalue weighted by Gasteiger charge is 2.48. The standard InChI is InChI=1S/C15H17N3/c16-6-10-12(17)3-4-13-15(10)14-9-2-1-8(5-9)11(14)7-18-13/h1-4,6,8-9,11,14,16,18H,5,7,17H2/t8-,9?,11+,14-/m0/s1. The molecule has 3 heteroatoms. The monoisotopic (exact) mass is 239 g/mol. The van der Waals surface area contributed by atoms with Crippen molar-refractivity contribution in [2.24, 2.45) is 17.8 Å². The van der Waals surface area contributed by atoms with E-state index in [1.165, 1.54) is 23.9 Å². The Morgan fingerprint density at radius 1 is 1.28 bits per heavy atom. The van der Waals surface area contributed by atoms with Gasteiger partial charge in [-0.15, -0.1) is 0 Å². The first-order valence-electron chi connectivity index (χ1n) is 6.64. The van der Waals surface area contributed by atoms with Crippen molar-refractivity contribution in [3.05, 3.63) is 35.4 Å². The van der Waals surface area contributed by atoms with Gasteiger partial charge in [-0.3, -0.25) is 0 Å². The van der Waals surface area contributed by atoms with Crippen LogP contribution < -0.4 is 11.1 Å². The van der Waals surface area contributed by atoms with E-state index < -0.39 is 0 Å². The minimum Gasteiger partial charge on any atom is -0.398 e. The number of nitrogens with one attached hydrogen (secondary N) is 2. The van der Waals surface area contributed by atoms with Gasteiger partial charge in [0.05, 0.1) is 0 Å². The lowest BCUT2D eigenvalue weighted by Crippen LogP contribution is -2.31. The van der Waals surface area contributed by atoms with Gasteiger partial charge in [-0.1, -0.05) is 12.2 Å². The molecule has 1 heterocycles. The molecule has 0 aromatic heterocycles. The summed E-state index contributed by atoms with van der Waals surface area (Å²) in [5.41, 5.74) is 10.2. The van der Waals surface area contributed by atoms with E-state index in [1.807, 2.05) is 6.07 Å². The molecule has 0 spiro atoms. The van der Waals surface area contributed by atoms with Gasteiger partial charge >= 0.3 is 0 Å². The Kier molecular flexibility index (Phi) is 1.91. The fourth-order valence-electron chi connectivity index (χ4n) is 4.19. The van der Waals surface area contributed by atoms with Crippen LogP contribution in [0, 0.1) is 23.2 Å². The molecule has 4 atom stereocenters. The maximum Gasteiger partial charge on any atom is 0.0407 e. The molecule has 4 N–H and O–H groups in total. The van der Waals surface area contributed by atoms with Gasteiger partial charge in [0.25, 0.3) is 0 Å². The summed E-state index contributed by atoms with van der Waals surface area (Å²) in [5, 5.41) is 11.2. The predicted octanol–water partition coefficient (Wildman–Crippen LogP) is 2.60. The molecule has 0 saturated heterocycles. The van der Waals surface area contributed by atoms with Crippen molar-refractivity contribution in [1.82, 2.24) is 0 Å². The van der Waals surface area contributed by atoms with E-state index in [0.717, 1.165) is 23.7 Å². The van der Waals surface area contributed by atoms with Gasteiger partial charge in [0.15, 0.2) is 0 Å². The first-order chi connectivity index (χ1) is 8.79. The average molecular weight is 239 g/mol. The molecule has 1 aromatic carbocycles. The number of nitrogen functional groups attached to an aromatic ring is 1. The fourth-order valence-corrected chi connectivity index (χ4v) is 4.19. The van der Waals surface area contributed by atoms with Gasteiger partial charge in [-0.2, -0.15) is 0 Å². The van der Waals surface area contributed by atoms with Crippen LogP contribution >= 0.6 is 0 Å². The SMILES string of the molecule is N=Cc1c(N)ccc2c1[C@H]1C3C=C[C@@H](C3)[C@H]1CN2. The van der Waals surface area contributed by atoms with Crippen molar-refractivity contribution in [3.63, 3.8) is 0 Å². The van der Waals surface area contributed by atoms with Crippen molar-refractivity contribution in [2.45, 2.75) is 12.3 Å². The number of hydrogen-bond donors (Lipinski definition) is 3. The van der Waals surface area contributed by atoms with E-state index in [4.69, 9.17) is 11.1 Å². The minimum absolute atomic E-state index is 0.566. The summed E-state index contributed by atoms with van der Waals surface area (Å²) in [4.78, 5) is 0. The van der Waals surface area contributed by atoms with Gasteiger partial charge in [-0.25, -0.2) is 0 Å². The van der Waals surface area contributed by atoms with Crippen LogP contribution in [0.1, 0.15) is 23.5 Å². The maximum atomic E-state index is 7.66. The van der Waals surface area contributed by atoms with Crippen LogP contribution in [-0.4, -0.2) is 12.8 Å². The van der Waals surface area contributed by atoms with Gasteiger partial charge in [0.2, 0.25) is 0 Å².